The van der Waals surface area contributed by atoms with Crippen LogP contribution in [0.1, 0.15) is 30.0 Å². The number of ether oxygens (including phenoxy) is 1. The van der Waals surface area contributed by atoms with Gasteiger partial charge in [-0.25, -0.2) is 4.39 Å². The number of amides is 1. The topological polar surface area (TPSA) is 50.4 Å². The second-order valence-electron chi connectivity index (χ2n) is 6.34. The summed E-state index contributed by atoms with van der Waals surface area (Å²) in [5.74, 6) is -0.936. The maximum absolute atomic E-state index is 13.2. The van der Waals surface area contributed by atoms with Crippen LogP contribution < -0.4 is 15.4 Å². The number of hydrogen-bond acceptors (Lipinski definition) is 3. The Bertz CT molecular complexity index is 772. The number of halogens is 4. The first-order valence-electron chi connectivity index (χ1n) is 8.44. The van der Waals surface area contributed by atoms with E-state index in [-0.39, 0.29) is 24.2 Å². The Morgan fingerprint density at radius 2 is 1.70 bits per heavy atom. The summed E-state index contributed by atoms with van der Waals surface area (Å²) in [5.41, 5.74) is 1.28. The molecule has 2 aromatic carbocycles. The van der Waals surface area contributed by atoms with Crippen LogP contribution in [0.15, 0.2) is 48.5 Å². The molecular weight excluding hydrogens is 364 g/mol. The van der Waals surface area contributed by atoms with E-state index in [4.69, 9.17) is 0 Å². The molecule has 144 valence electrons. The average molecular weight is 382 g/mol. The van der Waals surface area contributed by atoms with Crippen LogP contribution >= 0.6 is 0 Å². The lowest BCUT2D eigenvalue weighted by molar-refractivity contribution is -0.274. The number of nitrogens with one attached hydrogen (secondary N) is 2. The quantitative estimate of drug-likeness (QED) is 0.716. The van der Waals surface area contributed by atoms with E-state index < -0.39 is 18.2 Å². The summed E-state index contributed by atoms with van der Waals surface area (Å²) in [6, 6.07) is 10.5. The molecule has 0 aliphatic heterocycles. The molecule has 2 aromatic rings. The molecule has 27 heavy (non-hydrogen) atoms. The summed E-state index contributed by atoms with van der Waals surface area (Å²) < 4.78 is 53.6. The second kappa shape index (κ2) is 7.96. The lowest BCUT2D eigenvalue weighted by Gasteiger charge is -2.19. The minimum absolute atomic E-state index is 0.168. The van der Waals surface area contributed by atoms with E-state index in [0.717, 1.165) is 12.8 Å². The molecule has 0 heterocycles. The van der Waals surface area contributed by atoms with Crippen molar-refractivity contribution in [3.05, 3.63) is 65.5 Å². The molecule has 0 radical (unpaired) electrons. The van der Waals surface area contributed by atoms with Gasteiger partial charge in [0, 0.05) is 12.6 Å². The van der Waals surface area contributed by atoms with Crippen LogP contribution in [0.4, 0.5) is 17.6 Å². The molecule has 4 nitrogen and oxygen atoms in total. The van der Waals surface area contributed by atoms with Crippen molar-refractivity contribution < 1.29 is 27.1 Å². The molecule has 0 aromatic heterocycles. The van der Waals surface area contributed by atoms with Gasteiger partial charge in [-0.15, -0.1) is 13.2 Å². The van der Waals surface area contributed by atoms with E-state index in [1.54, 1.807) is 0 Å². The van der Waals surface area contributed by atoms with Gasteiger partial charge in [0.1, 0.15) is 17.6 Å². The number of rotatable bonds is 7. The molecule has 1 fully saturated rings. The highest BCUT2D eigenvalue weighted by molar-refractivity contribution is 5.83. The molecule has 1 amide bonds. The highest BCUT2D eigenvalue weighted by atomic mass is 19.4. The highest BCUT2D eigenvalue weighted by Gasteiger charge is 2.31. The van der Waals surface area contributed by atoms with Gasteiger partial charge in [0.2, 0.25) is 5.91 Å². The van der Waals surface area contributed by atoms with E-state index in [9.17, 15) is 22.4 Å². The SMILES string of the molecule is O=C(NC1CC1)C(NCc1ccc(OC(F)(F)F)cc1)c1ccc(F)cc1. The van der Waals surface area contributed by atoms with E-state index in [0.29, 0.717) is 11.1 Å². The predicted molar refractivity (Wildman–Crippen MR) is 90.3 cm³/mol. The molecule has 1 aliphatic carbocycles. The minimum atomic E-state index is -4.74. The molecule has 3 rings (SSSR count). The molecule has 0 bridgehead atoms. The van der Waals surface area contributed by atoms with Crippen LogP contribution in [0.25, 0.3) is 0 Å². The third-order valence-corrected chi connectivity index (χ3v) is 4.06. The molecule has 1 saturated carbocycles. The van der Waals surface area contributed by atoms with E-state index in [1.807, 2.05) is 0 Å². The third kappa shape index (κ3) is 5.96. The van der Waals surface area contributed by atoms with E-state index in [2.05, 4.69) is 15.4 Å². The smallest absolute Gasteiger partial charge is 0.406 e. The molecule has 1 unspecified atom stereocenters. The van der Waals surface area contributed by atoms with Crippen molar-refractivity contribution in [1.29, 1.82) is 0 Å². The summed E-state index contributed by atoms with van der Waals surface area (Å²) in [6.45, 7) is 0.242. The van der Waals surface area contributed by atoms with Gasteiger partial charge in [-0.3, -0.25) is 10.1 Å². The molecule has 0 saturated heterocycles. The summed E-state index contributed by atoms with van der Waals surface area (Å²) in [5, 5.41) is 5.97. The Morgan fingerprint density at radius 1 is 1.07 bits per heavy atom. The van der Waals surface area contributed by atoms with Crippen LogP contribution in [0, 0.1) is 5.82 Å². The number of carbonyl (C=O) groups excluding carboxylic acids is 1. The maximum atomic E-state index is 13.2. The van der Waals surface area contributed by atoms with Gasteiger partial charge < -0.3 is 10.1 Å². The van der Waals surface area contributed by atoms with Crippen LogP contribution in [-0.2, 0) is 11.3 Å². The average Bonchev–Trinajstić information content (AvgIpc) is 3.41. The van der Waals surface area contributed by atoms with Crippen LogP contribution in [0.3, 0.4) is 0 Å². The van der Waals surface area contributed by atoms with Crippen LogP contribution in [0.2, 0.25) is 0 Å². The van der Waals surface area contributed by atoms with Crippen LogP contribution in [-0.4, -0.2) is 18.3 Å². The zero-order chi connectivity index (χ0) is 19.4. The fourth-order valence-corrected chi connectivity index (χ4v) is 2.56. The van der Waals surface area contributed by atoms with Gasteiger partial charge in [-0.2, -0.15) is 0 Å². The Labute approximate surface area is 153 Å². The largest absolute Gasteiger partial charge is 0.573 e. The first-order chi connectivity index (χ1) is 12.8. The molecule has 8 heteroatoms. The second-order valence-corrected chi connectivity index (χ2v) is 6.34. The number of hydrogen-bond donors (Lipinski definition) is 2. The molecule has 2 N–H and O–H groups in total. The van der Waals surface area contributed by atoms with Gasteiger partial charge in [-0.05, 0) is 48.2 Å². The van der Waals surface area contributed by atoms with Gasteiger partial charge in [0.05, 0.1) is 0 Å². The number of alkyl halides is 3. The maximum Gasteiger partial charge on any atom is 0.573 e. The Kier molecular flexibility index (Phi) is 5.65. The zero-order valence-electron chi connectivity index (χ0n) is 14.2. The first kappa shape index (κ1) is 19.2. The Hall–Kier alpha value is -2.61. The first-order valence-corrected chi connectivity index (χ1v) is 8.44. The highest BCUT2D eigenvalue weighted by Crippen LogP contribution is 2.24. The normalized spacial score (nSPS) is 15.3. The summed E-state index contributed by atoms with van der Waals surface area (Å²) in [4.78, 5) is 12.5. The lowest BCUT2D eigenvalue weighted by Crippen LogP contribution is -2.38. The predicted octanol–water partition coefficient (Wildman–Crippen LogP) is 3.83. The van der Waals surface area contributed by atoms with Gasteiger partial charge >= 0.3 is 6.36 Å². The zero-order valence-corrected chi connectivity index (χ0v) is 14.2. The van der Waals surface area contributed by atoms with Gasteiger partial charge in [-0.1, -0.05) is 24.3 Å². The van der Waals surface area contributed by atoms with Crippen LogP contribution in [0.5, 0.6) is 5.75 Å². The molecule has 0 spiro atoms. The fraction of sp³-hybridized carbons (Fsp3) is 0.316. The monoisotopic (exact) mass is 382 g/mol. The van der Waals surface area contributed by atoms with Crippen molar-refractivity contribution in [3.8, 4) is 5.75 Å². The third-order valence-electron chi connectivity index (χ3n) is 4.06. The summed E-state index contributed by atoms with van der Waals surface area (Å²) >= 11 is 0. The fourth-order valence-electron chi connectivity index (χ4n) is 2.56. The number of carbonyl (C=O) groups is 1. The van der Waals surface area contributed by atoms with Crippen molar-refractivity contribution in [2.75, 3.05) is 0 Å². The van der Waals surface area contributed by atoms with Crippen molar-refractivity contribution in [1.82, 2.24) is 10.6 Å². The molecule has 1 aliphatic rings. The molecular formula is C19H18F4N2O2. The Morgan fingerprint density at radius 3 is 2.26 bits per heavy atom. The van der Waals surface area contributed by atoms with Gasteiger partial charge in [0.15, 0.2) is 0 Å². The minimum Gasteiger partial charge on any atom is -0.406 e. The van der Waals surface area contributed by atoms with Gasteiger partial charge in [0.25, 0.3) is 0 Å². The standard InChI is InChI=1S/C19H18F4N2O2/c20-14-5-3-13(4-6-14)17(18(26)25-15-7-8-15)24-11-12-1-9-16(10-2-12)27-19(21,22)23/h1-6,9-10,15,17,24H,7-8,11H2,(H,25,26). The Balaban J connectivity index is 1.66. The summed E-state index contributed by atoms with van der Waals surface area (Å²) in [7, 11) is 0. The van der Waals surface area contributed by atoms with E-state index in [1.165, 1.54) is 48.5 Å². The lowest BCUT2D eigenvalue weighted by atomic mass is 10.1. The summed E-state index contributed by atoms with van der Waals surface area (Å²) in [6.07, 6.45) is -2.88. The van der Waals surface area contributed by atoms with E-state index >= 15 is 0 Å². The van der Waals surface area contributed by atoms with Crippen molar-refractivity contribution >= 4 is 5.91 Å². The number of benzene rings is 2. The van der Waals surface area contributed by atoms with Crippen molar-refractivity contribution in [2.45, 2.75) is 37.8 Å². The molecule has 1 atom stereocenters. The van der Waals surface area contributed by atoms with Crippen molar-refractivity contribution in [3.63, 3.8) is 0 Å². The van der Waals surface area contributed by atoms with Crippen molar-refractivity contribution in [2.24, 2.45) is 0 Å².